The Balaban J connectivity index is 1.32. The third kappa shape index (κ3) is 4.52. The molecule has 0 saturated heterocycles. The number of nitrogens with one attached hydrogen (secondary N) is 2. The van der Waals surface area contributed by atoms with Gasteiger partial charge in [0.1, 0.15) is 5.01 Å². The van der Waals surface area contributed by atoms with Gasteiger partial charge in [-0.1, -0.05) is 71.5 Å². The predicted molar refractivity (Wildman–Crippen MR) is 120 cm³/mol. The molecule has 0 spiro atoms. The summed E-state index contributed by atoms with van der Waals surface area (Å²) in [5, 5.41) is 16.8. The van der Waals surface area contributed by atoms with Crippen LogP contribution in [0, 0.1) is 6.92 Å². The number of benzene rings is 3. The van der Waals surface area contributed by atoms with Crippen LogP contribution in [-0.4, -0.2) is 28.6 Å². The summed E-state index contributed by atoms with van der Waals surface area (Å²) in [7, 11) is 0. The lowest BCUT2D eigenvalue weighted by Crippen LogP contribution is -2.27. The van der Waals surface area contributed by atoms with Crippen LogP contribution in [0.5, 0.6) is 0 Å². The van der Waals surface area contributed by atoms with Crippen molar-refractivity contribution in [3.8, 4) is 10.6 Å². The fraction of sp³-hybridized carbons (Fsp3) is 0.130. The quantitative estimate of drug-likeness (QED) is 0.487. The van der Waals surface area contributed by atoms with Crippen molar-refractivity contribution in [1.82, 2.24) is 15.5 Å². The molecule has 150 valence electrons. The first-order valence-corrected chi connectivity index (χ1v) is 10.4. The molecule has 3 aromatic carbocycles. The lowest BCUT2D eigenvalue weighted by molar-refractivity contribution is -0.116. The van der Waals surface area contributed by atoms with E-state index in [9.17, 15) is 9.59 Å². The Hall–Kier alpha value is -3.58. The van der Waals surface area contributed by atoms with Crippen molar-refractivity contribution in [2.45, 2.75) is 13.3 Å². The Labute approximate surface area is 178 Å². The van der Waals surface area contributed by atoms with E-state index in [0.717, 1.165) is 26.9 Å². The van der Waals surface area contributed by atoms with Gasteiger partial charge in [-0.3, -0.25) is 9.59 Å². The number of hydrogen-bond donors (Lipinski definition) is 2. The van der Waals surface area contributed by atoms with Crippen molar-refractivity contribution in [2.75, 3.05) is 11.9 Å². The second-order valence-corrected chi connectivity index (χ2v) is 7.84. The molecule has 2 amide bonds. The van der Waals surface area contributed by atoms with Crippen molar-refractivity contribution in [3.63, 3.8) is 0 Å². The molecule has 0 aliphatic heterocycles. The number of fused-ring (bicyclic) bond motifs is 1. The lowest BCUT2D eigenvalue weighted by atomic mass is 10.0. The van der Waals surface area contributed by atoms with E-state index in [1.807, 2.05) is 67.6 Å². The van der Waals surface area contributed by atoms with Gasteiger partial charge in [-0.05, 0) is 29.8 Å². The van der Waals surface area contributed by atoms with Crippen molar-refractivity contribution in [2.24, 2.45) is 0 Å². The summed E-state index contributed by atoms with van der Waals surface area (Å²) >= 11 is 1.32. The summed E-state index contributed by atoms with van der Waals surface area (Å²) in [6.45, 7) is 2.25. The van der Waals surface area contributed by atoms with Gasteiger partial charge in [-0.2, -0.15) is 0 Å². The van der Waals surface area contributed by atoms with Crippen LogP contribution in [0.15, 0.2) is 66.7 Å². The second-order valence-electron chi connectivity index (χ2n) is 6.86. The van der Waals surface area contributed by atoms with Crippen LogP contribution in [-0.2, 0) is 4.79 Å². The molecule has 30 heavy (non-hydrogen) atoms. The second kappa shape index (κ2) is 8.84. The normalized spacial score (nSPS) is 10.7. The summed E-state index contributed by atoms with van der Waals surface area (Å²) in [6, 6.07) is 21.3. The minimum atomic E-state index is -0.222. The SMILES string of the molecule is Cc1cccc(-c2nnc(NC(=O)CCNC(=O)c3cccc4ccccc34)s2)c1. The fourth-order valence-corrected chi connectivity index (χ4v) is 3.91. The molecule has 0 fully saturated rings. The zero-order chi connectivity index (χ0) is 20.9. The number of aryl methyl sites for hydroxylation is 1. The average molecular weight is 417 g/mol. The molecule has 6 nitrogen and oxygen atoms in total. The summed E-state index contributed by atoms with van der Waals surface area (Å²) in [4.78, 5) is 24.7. The van der Waals surface area contributed by atoms with Crippen molar-refractivity contribution in [3.05, 3.63) is 77.9 Å². The first-order chi connectivity index (χ1) is 14.6. The highest BCUT2D eigenvalue weighted by Gasteiger charge is 2.12. The molecule has 0 saturated carbocycles. The summed E-state index contributed by atoms with van der Waals surface area (Å²) in [6.07, 6.45) is 0.149. The summed E-state index contributed by atoms with van der Waals surface area (Å²) in [5.41, 5.74) is 2.70. The van der Waals surface area contributed by atoms with Gasteiger partial charge in [0, 0.05) is 24.1 Å². The van der Waals surface area contributed by atoms with Crippen LogP contribution < -0.4 is 10.6 Å². The number of carbonyl (C=O) groups excluding carboxylic acids is 2. The number of rotatable bonds is 6. The van der Waals surface area contributed by atoms with Gasteiger partial charge >= 0.3 is 0 Å². The van der Waals surface area contributed by atoms with E-state index in [4.69, 9.17) is 0 Å². The Bertz CT molecular complexity index is 1210. The zero-order valence-electron chi connectivity index (χ0n) is 16.4. The van der Waals surface area contributed by atoms with Crippen LogP contribution in [0.1, 0.15) is 22.3 Å². The molecule has 0 bridgehead atoms. The monoisotopic (exact) mass is 416 g/mol. The van der Waals surface area contributed by atoms with Crippen molar-refractivity contribution >= 4 is 39.1 Å². The lowest BCUT2D eigenvalue weighted by Gasteiger charge is -2.08. The molecule has 0 atom stereocenters. The smallest absolute Gasteiger partial charge is 0.251 e. The minimum Gasteiger partial charge on any atom is -0.352 e. The van der Waals surface area contributed by atoms with Gasteiger partial charge in [0.2, 0.25) is 11.0 Å². The molecule has 0 radical (unpaired) electrons. The maximum atomic E-state index is 12.5. The number of carbonyl (C=O) groups is 2. The number of aromatic nitrogens is 2. The van der Waals surface area contributed by atoms with Crippen molar-refractivity contribution < 1.29 is 9.59 Å². The van der Waals surface area contributed by atoms with E-state index in [-0.39, 0.29) is 24.8 Å². The van der Waals surface area contributed by atoms with Gasteiger partial charge in [-0.25, -0.2) is 0 Å². The van der Waals surface area contributed by atoms with E-state index >= 15 is 0 Å². The van der Waals surface area contributed by atoms with Gasteiger partial charge in [0.25, 0.3) is 5.91 Å². The zero-order valence-corrected chi connectivity index (χ0v) is 17.2. The Morgan fingerprint density at radius 2 is 1.77 bits per heavy atom. The highest BCUT2D eigenvalue weighted by Crippen LogP contribution is 2.26. The van der Waals surface area contributed by atoms with E-state index in [2.05, 4.69) is 20.8 Å². The maximum absolute atomic E-state index is 12.5. The molecule has 1 aromatic heterocycles. The van der Waals surface area contributed by atoms with E-state index < -0.39 is 0 Å². The molecule has 4 rings (SSSR count). The van der Waals surface area contributed by atoms with Crippen LogP contribution in [0.3, 0.4) is 0 Å². The number of nitrogens with zero attached hydrogens (tertiary/aromatic N) is 2. The first-order valence-electron chi connectivity index (χ1n) is 9.56. The summed E-state index contributed by atoms with van der Waals surface area (Å²) in [5.74, 6) is -0.419. The van der Waals surface area contributed by atoms with Gasteiger partial charge < -0.3 is 10.6 Å². The molecule has 4 aromatic rings. The molecule has 0 aliphatic rings. The molecule has 0 aliphatic carbocycles. The Morgan fingerprint density at radius 3 is 2.63 bits per heavy atom. The van der Waals surface area contributed by atoms with Crippen LogP contribution in [0.2, 0.25) is 0 Å². The predicted octanol–water partition coefficient (Wildman–Crippen LogP) is 4.43. The molecular formula is C23H20N4O2S. The molecule has 7 heteroatoms. The summed E-state index contributed by atoms with van der Waals surface area (Å²) < 4.78 is 0. The average Bonchev–Trinajstić information content (AvgIpc) is 3.21. The standard InChI is InChI=1S/C23H20N4O2S/c1-15-6-4-9-17(14-15)22-26-27-23(30-22)25-20(28)12-13-24-21(29)19-11-5-8-16-7-2-3-10-18(16)19/h2-11,14H,12-13H2,1H3,(H,24,29)(H,25,27,28). The van der Waals surface area contributed by atoms with Gasteiger partial charge in [0.05, 0.1) is 0 Å². The van der Waals surface area contributed by atoms with Crippen LogP contribution >= 0.6 is 11.3 Å². The molecular weight excluding hydrogens is 396 g/mol. The Morgan fingerprint density at radius 1 is 0.967 bits per heavy atom. The third-order valence-corrected chi connectivity index (χ3v) is 5.50. The number of anilines is 1. The van der Waals surface area contributed by atoms with Crippen LogP contribution in [0.4, 0.5) is 5.13 Å². The topological polar surface area (TPSA) is 84.0 Å². The van der Waals surface area contributed by atoms with Crippen molar-refractivity contribution in [1.29, 1.82) is 0 Å². The number of hydrogen-bond acceptors (Lipinski definition) is 5. The minimum absolute atomic E-state index is 0.149. The Kier molecular flexibility index (Phi) is 5.81. The highest BCUT2D eigenvalue weighted by atomic mass is 32.1. The number of amides is 2. The largest absolute Gasteiger partial charge is 0.352 e. The third-order valence-electron chi connectivity index (χ3n) is 4.61. The van der Waals surface area contributed by atoms with Crippen LogP contribution in [0.25, 0.3) is 21.3 Å². The van der Waals surface area contributed by atoms with Gasteiger partial charge in [0.15, 0.2) is 0 Å². The maximum Gasteiger partial charge on any atom is 0.251 e. The first kappa shape index (κ1) is 19.7. The van der Waals surface area contributed by atoms with E-state index in [1.165, 1.54) is 11.3 Å². The van der Waals surface area contributed by atoms with E-state index in [0.29, 0.717) is 10.7 Å². The van der Waals surface area contributed by atoms with E-state index in [1.54, 1.807) is 6.07 Å². The fourth-order valence-electron chi connectivity index (χ4n) is 3.16. The highest BCUT2D eigenvalue weighted by molar-refractivity contribution is 7.18. The van der Waals surface area contributed by atoms with Gasteiger partial charge in [-0.15, -0.1) is 10.2 Å². The molecule has 0 unspecified atom stereocenters. The molecule has 1 heterocycles. The molecule has 2 N–H and O–H groups in total.